The van der Waals surface area contributed by atoms with Crippen LogP contribution in [0.4, 0.5) is 29.2 Å². The van der Waals surface area contributed by atoms with Gasteiger partial charge in [-0.05, 0) is 36.4 Å². The second kappa shape index (κ2) is 12.9. The van der Waals surface area contributed by atoms with Crippen LogP contribution in [-0.2, 0) is 0 Å². The number of hydrazone groups is 2. The first-order chi connectivity index (χ1) is 19.2. The summed E-state index contributed by atoms with van der Waals surface area (Å²) in [5.41, 5.74) is 9.47. The predicted molar refractivity (Wildman–Crippen MR) is 165 cm³/mol. The van der Waals surface area contributed by atoms with Crippen LogP contribution in [0.5, 0.6) is 0 Å². The van der Waals surface area contributed by atoms with Crippen molar-refractivity contribution in [1.29, 1.82) is 0 Å². The van der Waals surface area contributed by atoms with E-state index < -0.39 is 0 Å². The van der Waals surface area contributed by atoms with Gasteiger partial charge in [0.25, 0.3) is 0 Å². The van der Waals surface area contributed by atoms with E-state index in [1.807, 2.05) is 114 Å². The number of nitrogens with zero attached hydrogens (tertiary/aromatic N) is 6. The van der Waals surface area contributed by atoms with Gasteiger partial charge in [0.1, 0.15) is 0 Å². The summed E-state index contributed by atoms with van der Waals surface area (Å²) in [6.45, 7) is 0. The molecule has 0 unspecified atom stereocenters. The van der Waals surface area contributed by atoms with E-state index in [1.54, 1.807) is 12.4 Å². The summed E-state index contributed by atoms with van der Waals surface area (Å²) in [7, 11) is 0. The summed E-state index contributed by atoms with van der Waals surface area (Å²) in [6, 6.07) is 35.3. The molecule has 0 aliphatic carbocycles. The summed E-state index contributed by atoms with van der Waals surface area (Å²) in [5.74, 6) is 0.886. The van der Waals surface area contributed by atoms with E-state index in [2.05, 4.69) is 67.9 Å². The molecule has 0 aliphatic heterocycles. The van der Waals surface area contributed by atoms with Crippen molar-refractivity contribution >= 4 is 73.5 Å². The Morgan fingerprint density at radius 2 is 0.949 bits per heavy atom. The van der Waals surface area contributed by atoms with Gasteiger partial charge in [-0.25, -0.2) is 10.9 Å². The van der Waals surface area contributed by atoms with Gasteiger partial charge in [-0.1, -0.05) is 105 Å². The maximum absolute atomic E-state index is 4.69. The second-order valence-electron chi connectivity index (χ2n) is 8.07. The molecule has 5 rings (SSSR count). The number of benzene rings is 4. The van der Waals surface area contributed by atoms with Crippen molar-refractivity contribution in [3.63, 3.8) is 0 Å². The molecule has 1 aromatic heterocycles. The lowest BCUT2D eigenvalue weighted by Gasteiger charge is -2.23. The van der Waals surface area contributed by atoms with E-state index in [0.29, 0.717) is 5.95 Å². The zero-order valence-electron chi connectivity index (χ0n) is 20.5. The maximum Gasteiger partial charge on any atom is 0.250 e. The zero-order valence-corrected chi connectivity index (χ0v) is 23.7. The van der Waals surface area contributed by atoms with Gasteiger partial charge < -0.3 is 0 Å². The molecule has 2 N–H and O–H groups in total. The molecule has 39 heavy (non-hydrogen) atoms. The SMILES string of the molecule is Brc1ccccc1/C=N/Nc1nc(N/N=C/c2ccccc2Br)nc(N(c2ccccc2)c2ccccc2)n1. The first-order valence-corrected chi connectivity index (χ1v) is 13.5. The highest BCUT2D eigenvalue weighted by atomic mass is 79.9. The molecule has 0 aliphatic rings. The maximum atomic E-state index is 4.69. The van der Waals surface area contributed by atoms with E-state index in [4.69, 9.17) is 0 Å². The number of aromatic nitrogens is 3. The first kappa shape index (κ1) is 26.2. The number of anilines is 5. The normalized spacial score (nSPS) is 11.1. The zero-order chi connectivity index (χ0) is 26.9. The van der Waals surface area contributed by atoms with Crippen molar-refractivity contribution in [2.45, 2.75) is 0 Å². The molecule has 0 saturated carbocycles. The fourth-order valence-corrected chi connectivity index (χ4v) is 4.35. The highest BCUT2D eigenvalue weighted by Gasteiger charge is 2.17. The van der Waals surface area contributed by atoms with Gasteiger partial charge in [-0.15, -0.1) is 0 Å². The van der Waals surface area contributed by atoms with Crippen LogP contribution in [0, 0.1) is 0 Å². The number of rotatable bonds is 9. The van der Waals surface area contributed by atoms with E-state index >= 15 is 0 Å². The fraction of sp³-hybridized carbons (Fsp3) is 0. The average Bonchev–Trinajstić information content (AvgIpc) is 2.96. The number of nitrogens with one attached hydrogen (secondary N) is 2. The van der Waals surface area contributed by atoms with Crippen LogP contribution in [0.3, 0.4) is 0 Å². The number of halogens is 2. The van der Waals surface area contributed by atoms with E-state index in [9.17, 15) is 0 Å². The second-order valence-corrected chi connectivity index (χ2v) is 9.78. The average molecular weight is 642 g/mol. The molecule has 0 fully saturated rings. The Morgan fingerprint density at radius 1 is 0.538 bits per heavy atom. The van der Waals surface area contributed by atoms with E-state index in [0.717, 1.165) is 31.4 Å². The Balaban J connectivity index is 1.51. The van der Waals surface area contributed by atoms with Gasteiger partial charge in [-0.2, -0.15) is 25.2 Å². The van der Waals surface area contributed by atoms with Crippen molar-refractivity contribution in [3.8, 4) is 0 Å². The van der Waals surface area contributed by atoms with Crippen LogP contribution >= 0.6 is 31.9 Å². The molecule has 0 saturated heterocycles. The van der Waals surface area contributed by atoms with Crippen LogP contribution < -0.4 is 15.8 Å². The van der Waals surface area contributed by atoms with Gasteiger partial charge in [-0.3, -0.25) is 4.90 Å². The minimum atomic E-state index is 0.249. The predicted octanol–water partition coefficient (Wildman–Crippen LogP) is 7.76. The summed E-state index contributed by atoms with van der Waals surface area (Å²) in [5, 5.41) is 8.70. The smallest absolute Gasteiger partial charge is 0.250 e. The summed E-state index contributed by atoms with van der Waals surface area (Å²) >= 11 is 7.07. The van der Waals surface area contributed by atoms with Crippen LogP contribution in [0.25, 0.3) is 0 Å². The molecule has 5 aromatic rings. The van der Waals surface area contributed by atoms with Gasteiger partial charge in [0.2, 0.25) is 17.8 Å². The van der Waals surface area contributed by atoms with Crippen LogP contribution in [0.1, 0.15) is 11.1 Å². The van der Waals surface area contributed by atoms with Crippen LogP contribution in [0.2, 0.25) is 0 Å². The molecule has 0 spiro atoms. The molecule has 4 aromatic carbocycles. The third-order valence-corrected chi connectivity index (χ3v) is 6.84. The Hall–Kier alpha value is -4.41. The Labute approximate surface area is 242 Å². The van der Waals surface area contributed by atoms with Crippen LogP contribution in [-0.4, -0.2) is 27.4 Å². The first-order valence-electron chi connectivity index (χ1n) is 11.9. The van der Waals surface area contributed by atoms with Crippen LogP contribution in [0.15, 0.2) is 128 Å². The molecule has 10 heteroatoms. The molecule has 0 radical (unpaired) electrons. The van der Waals surface area contributed by atoms with Gasteiger partial charge in [0, 0.05) is 31.4 Å². The molecular formula is C29H22Br2N8. The summed E-state index contributed by atoms with van der Waals surface area (Å²) < 4.78 is 1.85. The highest BCUT2D eigenvalue weighted by molar-refractivity contribution is 9.10. The van der Waals surface area contributed by atoms with E-state index in [-0.39, 0.29) is 11.9 Å². The molecule has 0 amide bonds. The van der Waals surface area contributed by atoms with Gasteiger partial charge in [0.15, 0.2) is 0 Å². The third kappa shape index (κ3) is 6.92. The summed E-state index contributed by atoms with van der Waals surface area (Å²) in [6.07, 6.45) is 3.38. The van der Waals surface area contributed by atoms with Crippen molar-refractivity contribution in [1.82, 2.24) is 15.0 Å². The van der Waals surface area contributed by atoms with Crippen molar-refractivity contribution < 1.29 is 0 Å². The number of para-hydroxylation sites is 2. The molecule has 1 heterocycles. The molecule has 192 valence electrons. The lowest BCUT2D eigenvalue weighted by atomic mass is 10.2. The fourth-order valence-electron chi connectivity index (χ4n) is 3.58. The lowest BCUT2D eigenvalue weighted by Crippen LogP contribution is -2.16. The molecule has 8 nitrogen and oxygen atoms in total. The largest absolute Gasteiger partial charge is 0.279 e. The minimum Gasteiger partial charge on any atom is -0.279 e. The monoisotopic (exact) mass is 640 g/mol. The van der Waals surface area contributed by atoms with Gasteiger partial charge in [0.05, 0.1) is 12.4 Å². The minimum absolute atomic E-state index is 0.249. The molecule has 0 bridgehead atoms. The lowest BCUT2D eigenvalue weighted by molar-refractivity contribution is 0.991. The summed E-state index contributed by atoms with van der Waals surface area (Å²) in [4.78, 5) is 15.8. The van der Waals surface area contributed by atoms with E-state index in [1.165, 1.54) is 0 Å². The van der Waals surface area contributed by atoms with Crippen molar-refractivity contribution in [3.05, 3.63) is 129 Å². The molecular weight excluding hydrogens is 620 g/mol. The van der Waals surface area contributed by atoms with Crippen molar-refractivity contribution in [2.75, 3.05) is 15.8 Å². The highest BCUT2D eigenvalue weighted by Crippen LogP contribution is 2.32. The topological polar surface area (TPSA) is 90.7 Å². The Bertz CT molecular complexity index is 1480. The number of hydrogen-bond acceptors (Lipinski definition) is 8. The standard InChI is InChI=1S/C29H22Br2N8/c30-25-17-9-7-11-21(25)19-32-37-27-34-28(38-33-20-22-12-8-10-18-26(22)31)36-29(35-27)39(23-13-3-1-4-14-23)24-15-5-2-6-16-24/h1-20H,(H2,34,35,36,37,38)/b32-19+,33-20+. The molecule has 0 atom stereocenters. The van der Waals surface area contributed by atoms with Crippen molar-refractivity contribution in [2.24, 2.45) is 10.2 Å². The Morgan fingerprint density at radius 3 is 1.38 bits per heavy atom. The van der Waals surface area contributed by atoms with Gasteiger partial charge >= 0.3 is 0 Å². The quantitative estimate of drug-likeness (QED) is 0.126. The number of hydrogen-bond donors (Lipinski definition) is 2. The Kier molecular flexibility index (Phi) is 8.67. The third-order valence-electron chi connectivity index (χ3n) is 5.40.